The van der Waals surface area contributed by atoms with Crippen LogP contribution in [0.25, 0.3) is 10.9 Å². The molecule has 1 aliphatic rings. The van der Waals surface area contributed by atoms with Gasteiger partial charge in [-0.2, -0.15) is 0 Å². The lowest BCUT2D eigenvalue weighted by molar-refractivity contribution is 0.242. The number of nitrogens with zero attached hydrogens (tertiary/aromatic N) is 3. The number of aromatic nitrogens is 3. The molecular formula is C18H18ClN5O2. The zero-order valence-corrected chi connectivity index (χ0v) is 15.0. The van der Waals surface area contributed by atoms with E-state index in [0.29, 0.717) is 30.2 Å². The maximum absolute atomic E-state index is 12.1. The van der Waals surface area contributed by atoms with E-state index < -0.39 is 0 Å². The maximum atomic E-state index is 12.1. The van der Waals surface area contributed by atoms with Crippen molar-refractivity contribution in [2.24, 2.45) is 0 Å². The molecule has 1 aliphatic heterocycles. The molecule has 134 valence electrons. The molecule has 0 unspecified atom stereocenters. The van der Waals surface area contributed by atoms with Gasteiger partial charge in [0.2, 0.25) is 5.95 Å². The van der Waals surface area contributed by atoms with Crippen LogP contribution in [0.15, 0.2) is 29.1 Å². The molecule has 3 N–H and O–H groups in total. The third-order valence-corrected chi connectivity index (χ3v) is 4.94. The lowest BCUT2D eigenvalue weighted by Crippen LogP contribution is -2.35. The fraction of sp³-hybridized carbons (Fsp3) is 0.278. The Hall–Kier alpha value is -2.64. The van der Waals surface area contributed by atoms with Gasteiger partial charge in [-0.05, 0) is 24.3 Å². The van der Waals surface area contributed by atoms with Crippen LogP contribution in [-0.4, -0.2) is 33.5 Å². The number of methoxy groups -OCH3 is 1. The van der Waals surface area contributed by atoms with E-state index in [4.69, 9.17) is 22.1 Å². The Morgan fingerprint density at radius 2 is 2.19 bits per heavy atom. The molecule has 0 saturated heterocycles. The number of anilines is 1. The molecule has 0 atom stereocenters. The fourth-order valence-corrected chi connectivity index (χ4v) is 3.49. The van der Waals surface area contributed by atoms with Crippen LogP contribution in [0.3, 0.4) is 0 Å². The Balaban J connectivity index is 1.63. The molecule has 8 heteroatoms. The highest BCUT2D eigenvalue weighted by Gasteiger charge is 2.22. The summed E-state index contributed by atoms with van der Waals surface area (Å²) in [7, 11) is 1.63. The summed E-state index contributed by atoms with van der Waals surface area (Å²) in [6.45, 7) is 1.88. The van der Waals surface area contributed by atoms with Crippen molar-refractivity contribution in [3.05, 3.63) is 56.6 Å². The zero-order valence-electron chi connectivity index (χ0n) is 14.3. The van der Waals surface area contributed by atoms with Crippen LogP contribution in [0.2, 0.25) is 5.15 Å². The molecule has 0 saturated carbocycles. The van der Waals surface area contributed by atoms with E-state index in [9.17, 15) is 4.79 Å². The van der Waals surface area contributed by atoms with Crippen molar-refractivity contribution in [1.82, 2.24) is 19.9 Å². The molecule has 2 aromatic heterocycles. The highest BCUT2D eigenvalue weighted by atomic mass is 35.5. The van der Waals surface area contributed by atoms with Crippen molar-refractivity contribution >= 4 is 28.5 Å². The lowest BCUT2D eigenvalue weighted by Gasteiger charge is -2.27. The third-order valence-electron chi connectivity index (χ3n) is 4.61. The predicted octanol–water partition coefficient (Wildman–Crippen LogP) is 2.12. The minimum atomic E-state index is -0.176. The number of nitrogens with two attached hydrogens (primary N) is 1. The van der Waals surface area contributed by atoms with Crippen molar-refractivity contribution in [2.75, 3.05) is 19.4 Å². The lowest BCUT2D eigenvalue weighted by atomic mass is 10.1. The van der Waals surface area contributed by atoms with Crippen LogP contribution in [0.4, 0.5) is 5.95 Å². The van der Waals surface area contributed by atoms with Crippen LogP contribution >= 0.6 is 11.6 Å². The van der Waals surface area contributed by atoms with Crippen molar-refractivity contribution < 1.29 is 4.74 Å². The van der Waals surface area contributed by atoms with E-state index in [1.165, 1.54) is 0 Å². The highest BCUT2D eigenvalue weighted by molar-refractivity contribution is 6.30. The van der Waals surface area contributed by atoms with Gasteiger partial charge in [0.05, 0.1) is 23.9 Å². The molecule has 4 rings (SSSR count). The quantitative estimate of drug-likeness (QED) is 0.684. The van der Waals surface area contributed by atoms with Crippen LogP contribution in [0.5, 0.6) is 5.75 Å². The largest absolute Gasteiger partial charge is 0.497 e. The summed E-state index contributed by atoms with van der Waals surface area (Å²) in [5, 5.41) is 1.44. The van der Waals surface area contributed by atoms with Crippen LogP contribution < -0.4 is 16.0 Å². The number of benzene rings is 1. The Bertz CT molecular complexity index is 1050. The molecular weight excluding hydrogens is 354 g/mol. The third kappa shape index (κ3) is 3.11. The fourth-order valence-electron chi connectivity index (χ4n) is 3.29. The van der Waals surface area contributed by atoms with Crippen molar-refractivity contribution in [1.29, 1.82) is 0 Å². The molecule has 0 spiro atoms. The SMILES string of the molecule is COc1ccc2nc(Cl)c(CN3CCc4nc(N)[nH]c(=O)c4C3)cc2c1. The first-order valence-corrected chi connectivity index (χ1v) is 8.64. The van der Waals surface area contributed by atoms with Gasteiger partial charge in [-0.3, -0.25) is 14.7 Å². The number of rotatable bonds is 3. The van der Waals surface area contributed by atoms with Gasteiger partial charge in [0.1, 0.15) is 10.9 Å². The Labute approximate surface area is 154 Å². The molecule has 0 amide bonds. The summed E-state index contributed by atoms with van der Waals surface area (Å²) in [5.41, 5.74) is 8.61. The summed E-state index contributed by atoms with van der Waals surface area (Å²) in [5.74, 6) is 0.938. The summed E-state index contributed by atoms with van der Waals surface area (Å²) < 4.78 is 5.28. The van der Waals surface area contributed by atoms with Gasteiger partial charge in [0, 0.05) is 37.0 Å². The Kier molecular flexibility index (Phi) is 4.26. The van der Waals surface area contributed by atoms with Gasteiger partial charge in [-0.1, -0.05) is 11.6 Å². The van der Waals surface area contributed by atoms with Crippen molar-refractivity contribution in [3.63, 3.8) is 0 Å². The monoisotopic (exact) mass is 371 g/mol. The number of ether oxygens (including phenoxy) is 1. The molecule has 0 radical (unpaired) electrons. The average Bonchev–Trinajstić information content (AvgIpc) is 2.62. The number of H-pyrrole nitrogens is 1. The number of fused-ring (bicyclic) bond motifs is 2. The summed E-state index contributed by atoms with van der Waals surface area (Å²) in [6.07, 6.45) is 0.676. The average molecular weight is 372 g/mol. The number of hydrogen-bond acceptors (Lipinski definition) is 6. The standard InChI is InChI=1S/C18H18ClN5O2/c1-26-12-2-3-14-10(7-12)6-11(16(19)21-14)8-24-5-4-15-13(9-24)17(25)23-18(20)22-15/h2-3,6-7H,4-5,8-9H2,1H3,(H3,20,22,23,25). The first-order valence-electron chi connectivity index (χ1n) is 8.26. The van der Waals surface area contributed by atoms with Crippen molar-refractivity contribution in [2.45, 2.75) is 19.5 Å². The second-order valence-corrected chi connectivity index (χ2v) is 6.69. The van der Waals surface area contributed by atoms with E-state index in [-0.39, 0.29) is 11.5 Å². The number of nitrogen functional groups attached to an aromatic ring is 1. The van der Waals surface area contributed by atoms with Gasteiger partial charge < -0.3 is 10.5 Å². The molecule has 1 aromatic carbocycles. The number of hydrogen-bond donors (Lipinski definition) is 2. The maximum Gasteiger partial charge on any atom is 0.257 e. The van der Waals surface area contributed by atoms with Gasteiger partial charge in [0.25, 0.3) is 5.56 Å². The first-order chi connectivity index (χ1) is 12.5. The summed E-state index contributed by atoms with van der Waals surface area (Å²) >= 11 is 6.38. The minimum Gasteiger partial charge on any atom is -0.497 e. The van der Waals surface area contributed by atoms with Crippen LogP contribution in [-0.2, 0) is 19.5 Å². The van der Waals surface area contributed by atoms with E-state index in [1.807, 2.05) is 24.3 Å². The molecule has 0 aliphatic carbocycles. The van der Waals surface area contributed by atoms with Crippen LogP contribution in [0.1, 0.15) is 16.8 Å². The molecule has 3 heterocycles. The normalized spacial score (nSPS) is 14.4. The van der Waals surface area contributed by atoms with E-state index in [2.05, 4.69) is 19.9 Å². The van der Waals surface area contributed by atoms with Gasteiger partial charge in [-0.15, -0.1) is 0 Å². The van der Waals surface area contributed by atoms with Crippen molar-refractivity contribution in [3.8, 4) is 5.75 Å². The number of pyridine rings is 1. The van der Waals surface area contributed by atoms with Gasteiger partial charge >= 0.3 is 0 Å². The summed E-state index contributed by atoms with van der Waals surface area (Å²) in [4.78, 5) is 25.6. The van der Waals surface area contributed by atoms with E-state index in [1.54, 1.807) is 7.11 Å². The predicted molar refractivity (Wildman–Crippen MR) is 100 cm³/mol. The molecule has 7 nitrogen and oxygen atoms in total. The number of aromatic amines is 1. The molecule has 3 aromatic rings. The first kappa shape index (κ1) is 16.8. The smallest absolute Gasteiger partial charge is 0.257 e. The van der Waals surface area contributed by atoms with E-state index >= 15 is 0 Å². The van der Waals surface area contributed by atoms with E-state index in [0.717, 1.165) is 34.5 Å². The van der Waals surface area contributed by atoms with Gasteiger partial charge in [0.15, 0.2) is 0 Å². The topological polar surface area (TPSA) is 97.1 Å². The van der Waals surface area contributed by atoms with Crippen LogP contribution in [0, 0.1) is 0 Å². The second kappa shape index (κ2) is 6.59. The molecule has 26 heavy (non-hydrogen) atoms. The second-order valence-electron chi connectivity index (χ2n) is 6.33. The molecule has 0 fully saturated rings. The minimum absolute atomic E-state index is 0.165. The zero-order chi connectivity index (χ0) is 18.3. The summed E-state index contributed by atoms with van der Waals surface area (Å²) in [6, 6.07) is 7.70. The number of nitrogens with one attached hydrogen (secondary N) is 1. The number of halogens is 1. The van der Waals surface area contributed by atoms with Gasteiger partial charge in [-0.25, -0.2) is 9.97 Å². The Morgan fingerprint density at radius 3 is 3.00 bits per heavy atom. The highest BCUT2D eigenvalue weighted by Crippen LogP contribution is 2.26. The molecule has 0 bridgehead atoms. The Morgan fingerprint density at radius 1 is 1.35 bits per heavy atom.